The van der Waals surface area contributed by atoms with Crippen molar-refractivity contribution in [1.82, 2.24) is 24.4 Å². The number of aromatic nitrogens is 5. The molecule has 6 nitrogen and oxygen atoms in total. The summed E-state index contributed by atoms with van der Waals surface area (Å²) in [7, 11) is 0. The zero-order valence-electron chi connectivity index (χ0n) is 18.0. The Kier molecular flexibility index (Phi) is 5.04. The summed E-state index contributed by atoms with van der Waals surface area (Å²) < 4.78 is 30.2. The summed E-state index contributed by atoms with van der Waals surface area (Å²) in [5.41, 5.74) is 3.18. The van der Waals surface area contributed by atoms with Crippen LogP contribution in [0.1, 0.15) is 5.56 Å². The Bertz CT molecular complexity index is 1770. The number of nitrogens with zero attached hydrogens (tertiary/aromatic N) is 5. The zero-order chi connectivity index (χ0) is 23.9. The first-order chi connectivity index (χ1) is 17.0. The molecule has 0 aliphatic rings. The quantitative estimate of drug-likeness (QED) is 0.371. The van der Waals surface area contributed by atoms with Crippen LogP contribution in [0.3, 0.4) is 0 Å². The highest BCUT2D eigenvalue weighted by Gasteiger charge is 2.15. The van der Waals surface area contributed by atoms with Crippen molar-refractivity contribution >= 4 is 22.4 Å². The van der Waals surface area contributed by atoms with Gasteiger partial charge in [-0.15, -0.1) is 5.10 Å². The normalized spacial score (nSPS) is 12.0. The monoisotopic (exact) mass is 483 g/mol. The number of rotatable bonds is 4. The van der Waals surface area contributed by atoms with Gasteiger partial charge in [-0.05, 0) is 66.7 Å². The molecule has 0 unspecified atom stereocenters. The molecule has 170 valence electrons. The van der Waals surface area contributed by atoms with Crippen molar-refractivity contribution in [3.63, 3.8) is 0 Å². The van der Waals surface area contributed by atoms with Crippen molar-refractivity contribution in [1.29, 1.82) is 0 Å². The molecule has 6 rings (SSSR count). The van der Waals surface area contributed by atoms with Crippen LogP contribution in [0.4, 0.5) is 8.78 Å². The fourth-order valence-corrected chi connectivity index (χ4v) is 4.63. The maximum Gasteiger partial charge on any atom is 0.291 e. The average molecular weight is 484 g/mol. The van der Waals surface area contributed by atoms with Gasteiger partial charge < -0.3 is 0 Å². The van der Waals surface area contributed by atoms with E-state index in [4.69, 9.17) is 5.10 Å². The van der Waals surface area contributed by atoms with Gasteiger partial charge in [-0.1, -0.05) is 29.5 Å². The first-order valence-corrected chi connectivity index (χ1v) is 11.4. The van der Waals surface area contributed by atoms with E-state index in [9.17, 15) is 13.6 Å². The van der Waals surface area contributed by atoms with Crippen LogP contribution in [0.25, 0.3) is 39.4 Å². The third kappa shape index (κ3) is 3.91. The number of halogens is 2. The molecule has 0 radical (unpaired) electrons. The highest BCUT2D eigenvalue weighted by molar-refractivity contribution is 7.15. The fraction of sp³-hybridized carbons (Fsp3) is 0. The van der Waals surface area contributed by atoms with Crippen molar-refractivity contribution in [3.8, 4) is 28.3 Å². The molecule has 3 heterocycles. The Morgan fingerprint density at radius 1 is 0.800 bits per heavy atom. The molecular formula is C26H15F2N5OS. The first-order valence-electron chi connectivity index (χ1n) is 10.6. The predicted molar refractivity (Wildman–Crippen MR) is 130 cm³/mol. The third-order valence-electron chi connectivity index (χ3n) is 5.45. The van der Waals surface area contributed by atoms with Crippen LogP contribution in [0.2, 0.25) is 0 Å². The van der Waals surface area contributed by atoms with E-state index < -0.39 is 0 Å². The molecule has 0 bridgehead atoms. The Hall–Kier alpha value is -4.50. The SMILES string of the molecule is O=c1/c(=C/c2cn(-c3ccccc3)nc2-c2ccc(F)cc2)sc2nc(-c3ccc(F)cc3)nn12. The minimum absolute atomic E-state index is 0.316. The molecule has 3 aromatic carbocycles. The van der Waals surface area contributed by atoms with Gasteiger partial charge in [-0.25, -0.2) is 13.5 Å². The van der Waals surface area contributed by atoms with Crippen LogP contribution >= 0.6 is 11.3 Å². The topological polar surface area (TPSA) is 65.1 Å². The number of para-hydroxylation sites is 1. The molecular weight excluding hydrogens is 468 g/mol. The highest BCUT2D eigenvalue weighted by atomic mass is 32.1. The first kappa shape index (κ1) is 21.1. The lowest BCUT2D eigenvalue weighted by molar-refractivity contribution is 0.627. The Morgan fingerprint density at radius 3 is 2.11 bits per heavy atom. The molecule has 35 heavy (non-hydrogen) atoms. The maximum atomic E-state index is 13.5. The Balaban J connectivity index is 1.48. The van der Waals surface area contributed by atoms with Crippen LogP contribution in [0.5, 0.6) is 0 Å². The van der Waals surface area contributed by atoms with Gasteiger partial charge in [0.25, 0.3) is 5.56 Å². The number of hydrogen-bond acceptors (Lipinski definition) is 5. The molecule has 0 N–H and O–H groups in total. The van der Waals surface area contributed by atoms with E-state index in [0.717, 1.165) is 11.3 Å². The molecule has 0 aliphatic heterocycles. The molecule has 3 aromatic heterocycles. The fourth-order valence-electron chi connectivity index (χ4n) is 3.73. The molecule has 0 atom stereocenters. The minimum Gasteiger partial charge on any atom is -0.266 e. The molecule has 9 heteroatoms. The van der Waals surface area contributed by atoms with Crippen LogP contribution in [-0.4, -0.2) is 24.4 Å². The van der Waals surface area contributed by atoms with E-state index in [0.29, 0.717) is 32.1 Å². The van der Waals surface area contributed by atoms with Gasteiger partial charge in [0.05, 0.1) is 10.2 Å². The average Bonchev–Trinajstić information content (AvgIpc) is 3.56. The lowest BCUT2D eigenvalue weighted by atomic mass is 10.1. The van der Waals surface area contributed by atoms with E-state index >= 15 is 0 Å². The summed E-state index contributed by atoms with van der Waals surface area (Å²) >= 11 is 1.20. The van der Waals surface area contributed by atoms with Crippen LogP contribution in [-0.2, 0) is 0 Å². The van der Waals surface area contributed by atoms with E-state index in [1.54, 1.807) is 35.0 Å². The van der Waals surface area contributed by atoms with Crippen molar-refractivity contribution in [3.05, 3.63) is 117 Å². The van der Waals surface area contributed by atoms with Crippen molar-refractivity contribution in [2.45, 2.75) is 0 Å². The molecule has 0 saturated heterocycles. The largest absolute Gasteiger partial charge is 0.291 e. The Labute approximate surface area is 201 Å². The molecule has 0 fully saturated rings. The maximum absolute atomic E-state index is 13.5. The van der Waals surface area contributed by atoms with E-state index in [1.807, 2.05) is 36.5 Å². The predicted octanol–water partition coefficient (Wildman–Crippen LogP) is 4.50. The lowest BCUT2D eigenvalue weighted by Crippen LogP contribution is -2.23. The lowest BCUT2D eigenvalue weighted by Gasteiger charge is -2.00. The van der Waals surface area contributed by atoms with E-state index in [1.165, 1.54) is 40.1 Å². The number of fused-ring (bicyclic) bond motifs is 1. The molecule has 0 aliphatic carbocycles. The number of hydrogen-bond donors (Lipinski definition) is 0. The molecule has 0 amide bonds. The van der Waals surface area contributed by atoms with Gasteiger partial charge >= 0.3 is 0 Å². The number of thiazole rings is 1. The van der Waals surface area contributed by atoms with Gasteiger partial charge in [0.1, 0.15) is 17.3 Å². The van der Waals surface area contributed by atoms with Crippen LogP contribution in [0.15, 0.2) is 89.9 Å². The van der Waals surface area contributed by atoms with Crippen molar-refractivity contribution < 1.29 is 8.78 Å². The summed E-state index contributed by atoms with van der Waals surface area (Å²) in [5.74, 6) is -0.348. The third-order valence-corrected chi connectivity index (χ3v) is 6.41. The molecule has 0 saturated carbocycles. The highest BCUT2D eigenvalue weighted by Crippen LogP contribution is 2.25. The second kappa shape index (κ2) is 8.37. The molecule has 6 aromatic rings. The second-order valence-electron chi connectivity index (χ2n) is 7.77. The van der Waals surface area contributed by atoms with Gasteiger partial charge in [-0.2, -0.15) is 14.6 Å². The summed E-state index contributed by atoms with van der Waals surface area (Å²) in [5, 5.41) is 9.02. The minimum atomic E-state index is -0.357. The van der Waals surface area contributed by atoms with Crippen molar-refractivity contribution in [2.75, 3.05) is 0 Å². The van der Waals surface area contributed by atoms with E-state index in [2.05, 4.69) is 10.1 Å². The van der Waals surface area contributed by atoms with Crippen molar-refractivity contribution in [2.24, 2.45) is 0 Å². The van der Waals surface area contributed by atoms with Crippen LogP contribution < -0.4 is 10.1 Å². The zero-order valence-corrected chi connectivity index (χ0v) is 18.8. The standard InChI is InChI=1S/C26H15F2N5OS/c27-19-10-6-16(7-11-19)23-18(15-32(30-23)21-4-2-1-3-5-21)14-22-25(34)33-26(35-22)29-24(31-33)17-8-12-20(28)13-9-17/h1-15H/b22-14-. The van der Waals surface area contributed by atoms with Gasteiger partial charge in [0.15, 0.2) is 5.82 Å². The summed E-state index contributed by atoms with van der Waals surface area (Å²) in [6.45, 7) is 0. The number of benzene rings is 3. The smallest absolute Gasteiger partial charge is 0.266 e. The Morgan fingerprint density at radius 2 is 1.46 bits per heavy atom. The second-order valence-corrected chi connectivity index (χ2v) is 8.78. The van der Waals surface area contributed by atoms with Gasteiger partial charge in [0.2, 0.25) is 4.96 Å². The summed E-state index contributed by atoms with van der Waals surface area (Å²) in [4.78, 5) is 18.0. The summed E-state index contributed by atoms with van der Waals surface area (Å²) in [6.07, 6.45) is 3.57. The summed E-state index contributed by atoms with van der Waals surface area (Å²) in [6, 6.07) is 21.4. The van der Waals surface area contributed by atoms with Gasteiger partial charge in [0, 0.05) is 22.9 Å². The van der Waals surface area contributed by atoms with Gasteiger partial charge in [-0.3, -0.25) is 4.79 Å². The van der Waals surface area contributed by atoms with E-state index in [-0.39, 0.29) is 17.2 Å². The van der Waals surface area contributed by atoms with Crippen LogP contribution in [0, 0.1) is 11.6 Å². The molecule has 0 spiro atoms.